The summed E-state index contributed by atoms with van der Waals surface area (Å²) in [6.07, 6.45) is 6.59. The van der Waals surface area contributed by atoms with E-state index in [0.717, 1.165) is 25.4 Å². The van der Waals surface area contributed by atoms with Gasteiger partial charge in [-0.3, -0.25) is 0 Å². The van der Waals surface area contributed by atoms with Gasteiger partial charge in [-0.15, -0.1) is 0 Å². The van der Waals surface area contributed by atoms with Gasteiger partial charge in [0.2, 0.25) is 8.32 Å². The third kappa shape index (κ3) is 9.85. The highest BCUT2D eigenvalue weighted by atomic mass is 28.4. The van der Waals surface area contributed by atoms with Crippen LogP contribution in [0, 0.1) is 0 Å². The van der Waals surface area contributed by atoms with Crippen molar-refractivity contribution in [1.29, 1.82) is 0 Å². The lowest BCUT2D eigenvalue weighted by molar-refractivity contribution is 0.102. The van der Waals surface area contributed by atoms with Gasteiger partial charge in [-0.2, -0.15) is 0 Å². The molecular weight excluding hydrogens is 204 g/mol. The summed E-state index contributed by atoms with van der Waals surface area (Å²) in [4.78, 5) is 0. The van der Waals surface area contributed by atoms with Crippen molar-refractivity contribution in [2.75, 3.05) is 6.61 Å². The van der Waals surface area contributed by atoms with Gasteiger partial charge < -0.3 is 9.16 Å². The molecule has 0 saturated carbocycles. The normalized spacial score (nSPS) is 12.7. The molecule has 0 atom stereocenters. The Labute approximate surface area is 95.8 Å². The average Bonchev–Trinajstić information content (AvgIpc) is 2.12. The van der Waals surface area contributed by atoms with E-state index >= 15 is 0 Å². The fraction of sp³-hybridized carbons (Fsp3) is 0.833. The number of hydrogen-bond donors (Lipinski definition) is 0. The van der Waals surface area contributed by atoms with Crippen LogP contribution in [0.2, 0.25) is 19.6 Å². The van der Waals surface area contributed by atoms with E-state index in [2.05, 4.69) is 39.6 Å². The molecule has 0 aromatic rings. The fourth-order valence-electron chi connectivity index (χ4n) is 1.06. The van der Waals surface area contributed by atoms with Crippen LogP contribution in [0.25, 0.3) is 0 Å². The highest BCUT2D eigenvalue weighted by Crippen LogP contribution is 2.13. The predicted molar refractivity (Wildman–Crippen MR) is 68.3 cm³/mol. The Hall–Kier alpha value is -0.443. The van der Waals surface area contributed by atoms with Crippen molar-refractivity contribution in [2.45, 2.75) is 59.2 Å². The van der Waals surface area contributed by atoms with Gasteiger partial charge in [-0.25, -0.2) is 0 Å². The second-order valence-corrected chi connectivity index (χ2v) is 9.16. The summed E-state index contributed by atoms with van der Waals surface area (Å²) in [5.74, 6) is 0.754. The molecule has 0 fully saturated rings. The van der Waals surface area contributed by atoms with Gasteiger partial charge in [0.05, 0.1) is 6.61 Å². The zero-order valence-electron chi connectivity index (χ0n) is 10.9. The third-order valence-electron chi connectivity index (χ3n) is 1.72. The van der Waals surface area contributed by atoms with Gasteiger partial charge in [0.1, 0.15) is 0 Å². The molecule has 2 nitrogen and oxygen atoms in total. The van der Waals surface area contributed by atoms with Gasteiger partial charge in [-0.05, 0) is 45.0 Å². The molecule has 0 aliphatic rings. The van der Waals surface area contributed by atoms with Crippen LogP contribution in [0.3, 0.4) is 0 Å². The largest absolute Gasteiger partial charge is 0.520 e. The van der Waals surface area contributed by atoms with Crippen molar-refractivity contribution >= 4 is 8.32 Å². The molecule has 0 radical (unpaired) electrons. The molecule has 0 rings (SSSR count). The van der Waals surface area contributed by atoms with Crippen LogP contribution in [0.5, 0.6) is 0 Å². The molecule has 90 valence electrons. The minimum absolute atomic E-state index is 0.752. The molecule has 0 spiro atoms. The van der Waals surface area contributed by atoms with Crippen molar-refractivity contribution in [3.8, 4) is 0 Å². The molecule has 0 aromatic carbocycles. The van der Waals surface area contributed by atoms with Crippen LogP contribution < -0.4 is 0 Å². The Bertz CT molecular complexity index is 183. The van der Waals surface area contributed by atoms with E-state index in [1.807, 2.05) is 0 Å². The number of rotatable bonds is 8. The molecule has 0 bridgehead atoms. The van der Waals surface area contributed by atoms with E-state index < -0.39 is 8.32 Å². The summed E-state index contributed by atoms with van der Waals surface area (Å²) in [7, 11) is -1.52. The monoisotopic (exact) mass is 230 g/mol. The van der Waals surface area contributed by atoms with E-state index in [1.54, 1.807) is 0 Å². The quantitative estimate of drug-likeness (QED) is 0.352. The summed E-state index contributed by atoms with van der Waals surface area (Å²) >= 11 is 0. The van der Waals surface area contributed by atoms with Gasteiger partial charge in [0, 0.05) is 0 Å². The molecule has 3 heteroatoms. The number of hydrogen-bond acceptors (Lipinski definition) is 2. The van der Waals surface area contributed by atoms with Crippen LogP contribution in [0.4, 0.5) is 0 Å². The first-order valence-corrected chi connectivity index (χ1v) is 9.42. The van der Waals surface area contributed by atoms with Crippen LogP contribution >= 0.6 is 0 Å². The first kappa shape index (κ1) is 14.6. The maximum absolute atomic E-state index is 5.86. The second-order valence-electron chi connectivity index (χ2n) is 4.73. The molecule has 0 aliphatic carbocycles. The zero-order chi connectivity index (χ0) is 11.7. The highest BCUT2D eigenvalue weighted by molar-refractivity contribution is 6.69. The zero-order valence-corrected chi connectivity index (χ0v) is 11.9. The average molecular weight is 230 g/mol. The van der Waals surface area contributed by atoms with E-state index in [1.165, 1.54) is 12.8 Å². The lowest BCUT2D eigenvalue weighted by Gasteiger charge is -2.21. The van der Waals surface area contributed by atoms with Crippen molar-refractivity contribution in [1.82, 2.24) is 0 Å². The Morgan fingerprint density at radius 2 is 1.80 bits per heavy atom. The molecule has 0 unspecified atom stereocenters. The Kier molecular flexibility index (Phi) is 7.57. The van der Waals surface area contributed by atoms with E-state index in [4.69, 9.17) is 9.16 Å². The maximum atomic E-state index is 5.86. The lowest BCUT2D eigenvalue weighted by atomic mass is 10.2. The van der Waals surface area contributed by atoms with Crippen molar-refractivity contribution < 1.29 is 9.16 Å². The van der Waals surface area contributed by atoms with Crippen LogP contribution in [-0.2, 0) is 9.16 Å². The SMILES string of the molecule is CCCC/C=C(/OCCC)O[Si](C)(C)C. The Morgan fingerprint density at radius 3 is 2.27 bits per heavy atom. The second kappa shape index (κ2) is 7.80. The van der Waals surface area contributed by atoms with Crippen molar-refractivity contribution in [2.24, 2.45) is 0 Å². The summed E-state index contributed by atoms with van der Waals surface area (Å²) in [6, 6.07) is 0. The number of allylic oxidation sites excluding steroid dienone is 1. The van der Waals surface area contributed by atoms with E-state index in [-0.39, 0.29) is 0 Å². The summed E-state index contributed by atoms with van der Waals surface area (Å²) in [6.45, 7) is 11.6. The van der Waals surface area contributed by atoms with Crippen molar-refractivity contribution in [3.05, 3.63) is 12.0 Å². The molecule has 0 amide bonds. The van der Waals surface area contributed by atoms with Gasteiger partial charge in [-0.1, -0.05) is 20.3 Å². The lowest BCUT2D eigenvalue weighted by Crippen LogP contribution is -2.25. The Morgan fingerprint density at radius 1 is 1.13 bits per heavy atom. The first-order valence-electron chi connectivity index (χ1n) is 6.01. The van der Waals surface area contributed by atoms with Gasteiger partial charge in [0.25, 0.3) is 5.95 Å². The smallest absolute Gasteiger partial charge is 0.261 e. The van der Waals surface area contributed by atoms with Crippen LogP contribution in [-0.4, -0.2) is 14.9 Å². The molecule has 0 aliphatic heterocycles. The molecule has 15 heavy (non-hydrogen) atoms. The minimum Gasteiger partial charge on any atom is -0.520 e. The molecule has 0 aromatic heterocycles. The molecule has 0 N–H and O–H groups in total. The van der Waals surface area contributed by atoms with Gasteiger partial charge >= 0.3 is 0 Å². The molecule has 0 saturated heterocycles. The predicted octanol–water partition coefficient (Wildman–Crippen LogP) is 4.30. The minimum atomic E-state index is -1.52. The summed E-state index contributed by atoms with van der Waals surface area (Å²) in [5.41, 5.74) is 0. The number of ether oxygens (including phenoxy) is 1. The third-order valence-corrected chi connectivity index (χ3v) is 2.54. The van der Waals surface area contributed by atoms with E-state index in [0.29, 0.717) is 0 Å². The van der Waals surface area contributed by atoms with Crippen molar-refractivity contribution in [3.63, 3.8) is 0 Å². The highest BCUT2D eigenvalue weighted by Gasteiger charge is 2.18. The summed E-state index contributed by atoms with van der Waals surface area (Å²) in [5, 5.41) is 0. The van der Waals surface area contributed by atoms with Crippen LogP contribution in [0.15, 0.2) is 12.0 Å². The van der Waals surface area contributed by atoms with Crippen LogP contribution in [0.1, 0.15) is 39.5 Å². The summed E-state index contributed by atoms with van der Waals surface area (Å²) < 4.78 is 11.5. The number of unbranched alkanes of at least 4 members (excludes halogenated alkanes) is 2. The Balaban J connectivity index is 4.11. The topological polar surface area (TPSA) is 18.5 Å². The maximum Gasteiger partial charge on any atom is 0.261 e. The molecular formula is C12H26O2Si. The molecule has 0 heterocycles. The van der Waals surface area contributed by atoms with E-state index in [9.17, 15) is 0 Å². The fourth-order valence-corrected chi connectivity index (χ4v) is 1.80. The van der Waals surface area contributed by atoms with Gasteiger partial charge in [0.15, 0.2) is 0 Å². The standard InChI is InChI=1S/C12H26O2Si/c1-6-8-9-10-12(13-11-7-2)14-15(3,4)5/h10H,6-9,11H2,1-5H3/b12-10-. The first-order chi connectivity index (χ1) is 6.99.